The average molecular weight is 332 g/mol. The highest BCUT2D eigenvalue weighted by molar-refractivity contribution is 7.89. The van der Waals surface area contributed by atoms with Crippen molar-refractivity contribution in [3.63, 3.8) is 0 Å². The second-order valence-corrected chi connectivity index (χ2v) is 7.26. The molecule has 122 valence electrons. The summed E-state index contributed by atoms with van der Waals surface area (Å²) in [4.78, 5) is 13.7. The van der Waals surface area contributed by atoms with E-state index in [0.29, 0.717) is 25.9 Å². The quantitative estimate of drug-likeness (QED) is 0.909. The summed E-state index contributed by atoms with van der Waals surface area (Å²) in [5, 5.41) is 0. The Hall–Kier alpha value is -1.54. The highest BCUT2D eigenvalue weighted by Crippen LogP contribution is 2.16. The first-order valence-electron chi connectivity index (χ1n) is 7.06. The molecule has 1 amide bonds. The van der Waals surface area contributed by atoms with Gasteiger partial charge in [0.15, 0.2) is 11.6 Å². The molecule has 8 heteroatoms. The van der Waals surface area contributed by atoms with Crippen LogP contribution in [0, 0.1) is 11.6 Å². The number of carbonyl (C=O) groups is 1. The number of halogens is 2. The van der Waals surface area contributed by atoms with Gasteiger partial charge in [-0.05, 0) is 38.0 Å². The molecule has 1 aromatic rings. The summed E-state index contributed by atoms with van der Waals surface area (Å²) in [5.74, 6) is -2.42. The molecular formula is C14H18F2N2O3S. The lowest BCUT2D eigenvalue weighted by molar-refractivity contribution is 0.0710. The zero-order valence-corrected chi connectivity index (χ0v) is 13.0. The Morgan fingerprint density at radius 2 is 1.91 bits per heavy atom. The van der Waals surface area contributed by atoms with Gasteiger partial charge in [-0.15, -0.1) is 0 Å². The molecule has 0 radical (unpaired) electrons. The monoisotopic (exact) mass is 332 g/mol. The number of amides is 1. The van der Waals surface area contributed by atoms with Crippen LogP contribution in [0.5, 0.6) is 0 Å². The zero-order valence-electron chi connectivity index (χ0n) is 12.2. The van der Waals surface area contributed by atoms with Gasteiger partial charge >= 0.3 is 0 Å². The Kier molecular flexibility index (Phi) is 5.12. The third kappa shape index (κ3) is 4.01. The molecule has 1 aliphatic heterocycles. The fourth-order valence-corrected chi connectivity index (χ4v) is 3.26. The van der Waals surface area contributed by atoms with Crippen molar-refractivity contribution in [2.24, 2.45) is 0 Å². The van der Waals surface area contributed by atoms with Crippen LogP contribution < -0.4 is 4.72 Å². The van der Waals surface area contributed by atoms with Crippen molar-refractivity contribution in [2.75, 3.05) is 18.8 Å². The van der Waals surface area contributed by atoms with Crippen molar-refractivity contribution >= 4 is 15.9 Å². The molecule has 1 fully saturated rings. The summed E-state index contributed by atoms with van der Waals surface area (Å²) in [7, 11) is -3.26. The van der Waals surface area contributed by atoms with Crippen LogP contribution in [-0.2, 0) is 10.0 Å². The number of hydrogen-bond acceptors (Lipinski definition) is 3. The molecule has 1 aromatic carbocycles. The van der Waals surface area contributed by atoms with Crippen molar-refractivity contribution in [1.29, 1.82) is 0 Å². The standard InChI is InChI=1S/C14H18F2N2O3S/c1-2-22(20,21)17-11-5-7-18(8-6-11)14(19)10-3-4-12(15)13(16)9-10/h3-4,9,11,17H,2,5-8H2,1H3. The second-order valence-electron chi connectivity index (χ2n) is 5.22. The van der Waals surface area contributed by atoms with Crippen molar-refractivity contribution in [3.8, 4) is 0 Å². The molecular weight excluding hydrogens is 314 g/mol. The molecule has 0 aromatic heterocycles. The fraction of sp³-hybridized carbons (Fsp3) is 0.500. The van der Waals surface area contributed by atoms with E-state index in [1.165, 1.54) is 11.0 Å². The number of sulfonamides is 1. The van der Waals surface area contributed by atoms with E-state index in [2.05, 4.69) is 4.72 Å². The van der Waals surface area contributed by atoms with Crippen molar-refractivity contribution in [3.05, 3.63) is 35.4 Å². The summed E-state index contributed by atoms with van der Waals surface area (Å²) >= 11 is 0. The number of benzene rings is 1. The molecule has 0 atom stereocenters. The van der Waals surface area contributed by atoms with Crippen LogP contribution in [-0.4, -0.2) is 44.1 Å². The van der Waals surface area contributed by atoms with E-state index in [1.54, 1.807) is 6.92 Å². The predicted molar refractivity (Wildman–Crippen MR) is 77.9 cm³/mol. The Bertz CT molecular complexity index is 656. The van der Waals surface area contributed by atoms with E-state index < -0.39 is 21.7 Å². The number of carbonyl (C=O) groups excluding carboxylic acids is 1. The van der Waals surface area contributed by atoms with Gasteiger partial charge < -0.3 is 4.90 Å². The van der Waals surface area contributed by atoms with Crippen LogP contribution in [0.25, 0.3) is 0 Å². The molecule has 0 saturated carbocycles. The number of likely N-dealkylation sites (tertiary alicyclic amines) is 1. The van der Waals surface area contributed by atoms with Crippen molar-refractivity contribution in [1.82, 2.24) is 9.62 Å². The Morgan fingerprint density at radius 3 is 2.45 bits per heavy atom. The minimum atomic E-state index is -3.26. The van der Waals surface area contributed by atoms with Gasteiger partial charge in [-0.2, -0.15) is 0 Å². The number of nitrogens with zero attached hydrogens (tertiary/aromatic N) is 1. The van der Waals surface area contributed by atoms with E-state index in [0.717, 1.165) is 12.1 Å². The van der Waals surface area contributed by atoms with E-state index in [-0.39, 0.29) is 23.3 Å². The summed E-state index contributed by atoms with van der Waals surface area (Å²) in [5.41, 5.74) is 0.0893. The Morgan fingerprint density at radius 1 is 1.27 bits per heavy atom. The first kappa shape index (κ1) is 16.8. The van der Waals surface area contributed by atoms with Gasteiger partial charge in [0.1, 0.15) is 0 Å². The maximum absolute atomic E-state index is 13.2. The second kappa shape index (κ2) is 6.70. The van der Waals surface area contributed by atoms with Crippen molar-refractivity contribution in [2.45, 2.75) is 25.8 Å². The third-order valence-electron chi connectivity index (χ3n) is 3.67. The summed E-state index contributed by atoms with van der Waals surface area (Å²) in [6.45, 7) is 2.30. The van der Waals surface area contributed by atoms with E-state index in [4.69, 9.17) is 0 Å². The van der Waals surface area contributed by atoms with Crippen LogP contribution in [0.15, 0.2) is 18.2 Å². The maximum atomic E-state index is 13.2. The highest BCUT2D eigenvalue weighted by atomic mass is 32.2. The maximum Gasteiger partial charge on any atom is 0.253 e. The minimum Gasteiger partial charge on any atom is -0.339 e. The van der Waals surface area contributed by atoms with Gasteiger partial charge in [0, 0.05) is 24.7 Å². The van der Waals surface area contributed by atoms with Gasteiger partial charge in [-0.1, -0.05) is 0 Å². The summed E-state index contributed by atoms with van der Waals surface area (Å²) in [6.07, 6.45) is 0.989. The lowest BCUT2D eigenvalue weighted by Crippen LogP contribution is -2.46. The normalized spacial score (nSPS) is 16.8. The van der Waals surface area contributed by atoms with Crippen LogP contribution in [0.1, 0.15) is 30.1 Å². The number of rotatable bonds is 4. The molecule has 0 unspecified atom stereocenters. The van der Waals surface area contributed by atoms with Gasteiger partial charge in [-0.25, -0.2) is 21.9 Å². The van der Waals surface area contributed by atoms with E-state index in [1.807, 2.05) is 0 Å². The number of nitrogens with one attached hydrogen (secondary N) is 1. The summed E-state index contributed by atoms with van der Waals surface area (Å²) in [6, 6.07) is 2.85. The van der Waals surface area contributed by atoms with Gasteiger partial charge in [0.25, 0.3) is 5.91 Å². The van der Waals surface area contributed by atoms with Crippen LogP contribution in [0.3, 0.4) is 0 Å². The Labute approximate surface area is 128 Å². The molecule has 1 heterocycles. The first-order chi connectivity index (χ1) is 10.3. The smallest absolute Gasteiger partial charge is 0.253 e. The van der Waals surface area contributed by atoms with E-state index in [9.17, 15) is 22.0 Å². The minimum absolute atomic E-state index is 0.0149. The average Bonchev–Trinajstić information content (AvgIpc) is 2.50. The van der Waals surface area contributed by atoms with Crippen LogP contribution >= 0.6 is 0 Å². The SMILES string of the molecule is CCS(=O)(=O)NC1CCN(C(=O)c2ccc(F)c(F)c2)CC1. The third-order valence-corrected chi connectivity index (χ3v) is 5.13. The molecule has 0 aliphatic carbocycles. The predicted octanol–water partition coefficient (Wildman–Crippen LogP) is 1.51. The number of piperidine rings is 1. The van der Waals surface area contributed by atoms with Gasteiger partial charge in [-0.3, -0.25) is 4.79 Å². The van der Waals surface area contributed by atoms with Crippen molar-refractivity contribution < 1.29 is 22.0 Å². The lowest BCUT2D eigenvalue weighted by atomic mass is 10.0. The zero-order chi connectivity index (χ0) is 16.3. The topological polar surface area (TPSA) is 66.5 Å². The van der Waals surface area contributed by atoms with Crippen LogP contribution in [0.2, 0.25) is 0 Å². The Balaban J connectivity index is 1.96. The molecule has 22 heavy (non-hydrogen) atoms. The van der Waals surface area contributed by atoms with Gasteiger partial charge in [0.2, 0.25) is 10.0 Å². The molecule has 2 rings (SSSR count). The largest absolute Gasteiger partial charge is 0.339 e. The summed E-state index contributed by atoms with van der Waals surface area (Å²) < 4.78 is 51.6. The fourth-order valence-electron chi connectivity index (χ4n) is 2.35. The van der Waals surface area contributed by atoms with E-state index >= 15 is 0 Å². The van der Waals surface area contributed by atoms with Crippen LogP contribution in [0.4, 0.5) is 8.78 Å². The molecule has 1 N–H and O–H groups in total. The molecule has 0 spiro atoms. The lowest BCUT2D eigenvalue weighted by Gasteiger charge is -2.32. The highest BCUT2D eigenvalue weighted by Gasteiger charge is 2.26. The molecule has 0 bridgehead atoms. The molecule has 1 saturated heterocycles. The molecule has 1 aliphatic rings. The van der Waals surface area contributed by atoms with Gasteiger partial charge in [0.05, 0.1) is 5.75 Å². The molecule has 5 nitrogen and oxygen atoms in total. The number of hydrogen-bond donors (Lipinski definition) is 1. The first-order valence-corrected chi connectivity index (χ1v) is 8.72.